The van der Waals surface area contributed by atoms with E-state index in [1.165, 1.54) is 0 Å². The van der Waals surface area contributed by atoms with E-state index in [2.05, 4.69) is 4.52 Å². The van der Waals surface area contributed by atoms with Gasteiger partial charge in [-0.2, -0.15) is 0 Å². The first-order chi connectivity index (χ1) is 6.38. The Kier molecular flexibility index (Phi) is 2.85. The normalized spacial score (nSPS) is 14.4. The fraction of sp³-hybridized carbons (Fsp3) is 0. The van der Waals surface area contributed by atoms with Crippen LogP contribution >= 0.6 is 7.82 Å². The number of phosphoric ester groups is 1. The highest BCUT2D eigenvalue weighted by atomic mass is 31.2. The predicted molar refractivity (Wildman–Crippen MR) is 43.5 cm³/mol. The van der Waals surface area contributed by atoms with Crippen molar-refractivity contribution >= 4 is 13.5 Å². The van der Waals surface area contributed by atoms with Crippen LogP contribution in [0.4, 0.5) is 5.69 Å². The number of phosphoric acid groups is 1. The van der Waals surface area contributed by atoms with Gasteiger partial charge in [0.05, 0.1) is 4.92 Å². The smallest absolute Gasteiger partial charge is 0.317 e. The number of rotatable bonds is 3. The molecule has 0 bridgehead atoms. The minimum Gasteiger partial charge on any atom is -0.746 e. The third kappa shape index (κ3) is 3.14. The summed E-state index contributed by atoms with van der Waals surface area (Å²) in [6, 6.07) is 4.26. The molecule has 1 aromatic rings. The molecule has 1 atom stereocenters. The highest BCUT2D eigenvalue weighted by Gasteiger charge is 2.07. The summed E-state index contributed by atoms with van der Waals surface area (Å²) in [5, 5.41) is 10.2. The van der Waals surface area contributed by atoms with Gasteiger partial charge in [-0.15, -0.1) is 0 Å². The molecule has 14 heavy (non-hydrogen) atoms. The van der Waals surface area contributed by atoms with Gasteiger partial charge in [0.2, 0.25) is 0 Å². The van der Waals surface area contributed by atoms with E-state index in [9.17, 15) is 19.6 Å². The lowest BCUT2D eigenvalue weighted by atomic mass is 10.3. The molecule has 7 nitrogen and oxygen atoms in total. The van der Waals surface area contributed by atoms with Crippen LogP contribution in [0.1, 0.15) is 0 Å². The van der Waals surface area contributed by atoms with Crippen LogP contribution in [0, 0.1) is 10.1 Å². The van der Waals surface area contributed by atoms with Crippen molar-refractivity contribution < 1.29 is 23.8 Å². The van der Waals surface area contributed by atoms with Crippen molar-refractivity contribution in [3.63, 3.8) is 0 Å². The van der Waals surface area contributed by atoms with Crippen LogP contribution in [0.5, 0.6) is 5.75 Å². The summed E-state index contributed by atoms with van der Waals surface area (Å²) in [5.74, 6) is -0.184. The zero-order chi connectivity index (χ0) is 10.8. The summed E-state index contributed by atoms with van der Waals surface area (Å²) < 4.78 is 14.3. The first-order valence-corrected chi connectivity index (χ1v) is 4.86. The van der Waals surface area contributed by atoms with E-state index in [1.54, 1.807) is 0 Å². The molecule has 0 spiro atoms. The van der Waals surface area contributed by atoms with Crippen molar-refractivity contribution in [1.29, 1.82) is 0 Å². The van der Waals surface area contributed by atoms with Crippen molar-refractivity contribution in [3.05, 3.63) is 34.4 Å². The van der Waals surface area contributed by atoms with Gasteiger partial charge < -0.3 is 14.3 Å². The zero-order valence-corrected chi connectivity index (χ0v) is 7.59. The maximum absolute atomic E-state index is 10.2. The first kappa shape index (κ1) is 10.6. The number of hydrogen-bond acceptors (Lipinski definition) is 5. The van der Waals surface area contributed by atoms with Crippen LogP contribution in [0.25, 0.3) is 0 Å². The van der Waals surface area contributed by atoms with Crippen molar-refractivity contribution in [2.75, 3.05) is 0 Å². The summed E-state index contributed by atoms with van der Waals surface area (Å²) >= 11 is 0. The van der Waals surface area contributed by atoms with Gasteiger partial charge in [0.25, 0.3) is 5.69 Å². The molecule has 0 fully saturated rings. The Morgan fingerprint density at radius 2 is 1.86 bits per heavy atom. The van der Waals surface area contributed by atoms with Crippen molar-refractivity contribution in [1.82, 2.24) is 0 Å². The summed E-state index contributed by atoms with van der Waals surface area (Å²) in [7, 11) is -4.85. The van der Waals surface area contributed by atoms with Crippen LogP contribution in [-0.4, -0.2) is 9.82 Å². The summed E-state index contributed by atoms with van der Waals surface area (Å²) in [5.41, 5.74) is -0.198. The van der Waals surface area contributed by atoms with Gasteiger partial charge in [-0.05, 0) is 12.1 Å². The summed E-state index contributed by atoms with van der Waals surface area (Å²) in [6.07, 6.45) is 0. The number of nitrogens with zero attached hydrogens (tertiary/aromatic N) is 1. The highest BCUT2D eigenvalue weighted by molar-refractivity contribution is 7.45. The Morgan fingerprint density at radius 1 is 1.36 bits per heavy atom. The molecular formula is C6H5NO6P-. The van der Waals surface area contributed by atoms with E-state index in [4.69, 9.17) is 4.89 Å². The molecule has 1 unspecified atom stereocenters. The molecule has 1 N–H and O–H groups in total. The van der Waals surface area contributed by atoms with Crippen LogP contribution in [0.2, 0.25) is 0 Å². The molecule has 0 aliphatic rings. The van der Waals surface area contributed by atoms with Gasteiger partial charge >= 0.3 is 7.82 Å². The quantitative estimate of drug-likeness (QED) is 0.447. The second kappa shape index (κ2) is 3.75. The molecule has 0 heterocycles. The molecule has 1 rings (SSSR count). The van der Waals surface area contributed by atoms with E-state index >= 15 is 0 Å². The van der Waals surface area contributed by atoms with E-state index in [0.717, 1.165) is 24.3 Å². The number of nitro benzene ring substituents is 1. The second-order valence-electron chi connectivity index (χ2n) is 2.31. The Morgan fingerprint density at radius 3 is 2.21 bits per heavy atom. The van der Waals surface area contributed by atoms with Gasteiger partial charge in [0.15, 0.2) is 0 Å². The lowest BCUT2D eigenvalue weighted by molar-refractivity contribution is -0.384. The van der Waals surface area contributed by atoms with Gasteiger partial charge in [-0.25, -0.2) is 0 Å². The van der Waals surface area contributed by atoms with Crippen molar-refractivity contribution in [2.45, 2.75) is 0 Å². The minimum atomic E-state index is -4.85. The molecule has 0 amide bonds. The Bertz CT molecular complexity index is 382. The molecule has 76 valence electrons. The van der Waals surface area contributed by atoms with E-state index in [-0.39, 0.29) is 11.4 Å². The third-order valence-corrected chi connectivity index (χ3v) is 1.71. The topological polar surface area (TPSA) is 113 Å². The number of hydrogen-bond donors (Lipinski definition) is 1. The third-order valence-electron chi connectivity index (χ3n) is 1.27. The predicted octanol–water partition coefficient (Wildman–Crippen LogP) is 0.434. The molecule has 0 aliphatic carbocycles. The van der Waals surface area contributed by atoms with Crippen molar-refractivity contribution in [3.8, 4) is 5.75 Å². The molecule has 0 aromatic heterocycles. The lowest BCUT2D eigenvalue weighted by Gasteiger charge is -2.15. The van der Waals surface area contributed by atoms with Crippen LogP contribution < -0.4 is 9.42 Å². The number of nitro groups is 1. The standard InChI is InChI=1S/C6H6NO6P/c8-7(9)5-1-3-6(4-2-5)13-14(10,11)12/h1-4H,(H2,10,11,12)/p-1. The molecule has 0 aliphatic heterocycles. The number of benzene rings is 1. The van der Waals surface area contributed by atoms with E-state index < -0.39 is 12.7 Å². The average Bonchev–Trinajstić information content (AvgIpc) is 2.02. The first-order valence-electron chi connectivity index (χ1n) is 3.36. The van der Waals surface area contributed by atoms with Gasteiger partial charge in [0.1, 0.15) is 5.75 Å². The van der Waals surface area contributed by atoms with Gasteiger partial charge in [0, 0.05) is 12.1 Å². The zero-order valence-electron chi connectivity index (χ0n) is 6.69. The number of non-ortho nitro benzene ring substituents is 1. The molecule has 0 saturated heterocycles. The van der Waals surface area contributed by atoms with Gasteiger partial charge in [-0.1, -0.05) is 0 Å². The Balaban J connectivity index is 2.84. The highest BCUT2D eigenvalue weighted by Crippen LogP contribution is 2.33. The van der Waals surface area contributed by atoms with Crippen LogP contribution in [0.3, 0.4) is 0 Å². The maximum atomic E-state index is 10.2. The Labute approximate surface area is 78.3 Å². The lowest BCUT2D eigenvalue weighted by Crippen LogP contribution is -2.05. The monoisotopic (exact) mass is 218 g/mol. The minimum absolute atomic E-state index is 0.184. The fourth-order valence-corrected chi connectivity index (χ4v) is 1.15. The van der Waals surface area contributed by atoms with E-state index in [0.29, 0.717) is 0 Å². The van der Waals surface area contributed by atoms with Crippen LogP contribution in [-0.2, 0) is 4.57 Å². The summed E-state index contributed by atoms with van der Waals surface area (Å²) in [4.78, 5) is 28.1. The van der Waals surface area contributed by atoms with Crippen LogP contribution in [0.15, 0.2) is 24.3 Å². The molecule has 0 saturated carbocycles. The maximum Gasteiger partial charge on any atom is 0.317 e. The molecule has 0 radical (unpaired) electrons. The Hall–Kier alpha value is -1.43. The molecule has 1 aromatic carbocycles. The summed E-state index contributed by atoms with van der Waals surface area (Å²) in [6.45, 7) is 0. The van der Waals surface area contributed by atoms with Crippen molar-refractivity contribution in [2.24, 2.45) is 0 Å². The largest absolute Gasteiger partial charge is 0.746 e. The van der Waals surface area contributed by atoms with Gasteiger partial charge in [-0.3, -0.25) is 14.7 Å². The van der Waals surface area contributed by atoms with E-state index in [1.807, 2.05) is 0 Å². The fourth-order valence-electron chi connectivity index (χ4n) is 0.762. The second-order valence-corrected chi connectivity index (χ2v) is 3.43. The average molecular weight is 218 g/mol. The molecular weight excluding hydrogens is 213 g/mol. The SMILES string of the molecule is O=[N+]([O-])c1ccc(OP(=O)([O-])O)cc1. The molecule has 8 heteroatoms.